The average Bonchev–Trinajstić information content (AvgIpc) is 2.75. The van der Waals surface area contributed by atoms with Gasteiger partial charge < -0.3 is 11.1 Å². The molecule has 0 aliphatic carbocycles. The quantitative estimate of drug-likeness (QED) is 0.267. The number of anilines is 3. The summed E-state index contributed by atoms with van der Waals surface area (Å²) in [5.41, 5.74) is 10.8. The summed E-state index contributed by atoms with van der Waals surface area (Å²) in [6.07, 6.45) is 1.05. The van der Waals surface area contributed by atoms with Crippen molar-refractivity contribution in [2.75, 3.05) is 11.1 Å². The van der Waals surface area contributed by atoms with Crippen LogP contribution in [0.1, 0.15) is 12.5 Å². The average molecular weight is 362 g/mol. The molecule has 2 nitrogen and oxygen atoms in total. The molecule has 0 spiro atoms. The van der Waals surface area contributed by atoms with E-state index >= 15 is 0 Å². The van der Waals surface area contributed by atoms with Crippen LogP contribution in [0.25, 0.3) is 32.3 Å². The van der Waals surface area contributed by atoms with Crippen molar-refractivity contribution in [3.63, 3.8) is 0 Å². The Morgan fingerprint density at radius 3 is 1.89 bits per heavy atom. The lowest BCUT2D eigenvalue weighted by Crippen LogP contribution is -1.94. The number of hydrogen-bond acceptors (Lipinski definition) is 2. The van der Waals surface area contributed by atoms with E-state index in [0.717, 1.165) is 28.9 Å². The third-order valence-electron chi connectivity index (χ3n) is 5.56. The maximum absolute atomic E-state index is 6.39. The molecule has 5 aromatic rings. The summed E-state index contributed by atoms with van der Waals surface area (Å²) >= 11 is 0. The predicted molar refractivity (Wildman–Crippen MR) is 122 cm³/mol. The third kappa shape index (κ3) is 2.66. The molecule has 0 aromatic heterocycles. The fraction of sp³-hybridized carbons (Fsp3) is 0.0769. The van der Waals surface area contributed by atoms with Crippen LogP contribution < -0.4 is 11.1 Å². The summed E-state index contributed by atoms with van der Waals surface area (Å²) in [6.45, 7) is 2.18. The van der Waals surface area contributed by atoms with Crippen LogP contribution in [-0.4, -0.2) is 0 Å². The molecule has 0 heterocycles. The Morgan fingerprint density at radius 1 is 0.643 bits per heavy atom. The highest BCUT2D eigenvalue weighted by Gasteiger charge is 2.11. The van der Waals surface area contributed by atoms with Crippen LogP contribution in [0.4, 0.5) is 17.1 Å². The van der Waals surface area contributed by atoms with Gasteiger partial charge in [-0.3, -0.25) is 0 Å². The van der Waals surface area contributed by atoms with Gasteiger partial charge in [0.15, 0.2) is 0 Å². The second kappa shape index (κ2) is 6.58. The zero-order valence-corrected chi connectivity index (χ0v) is 15.9. The van der Waals surface area contributed by atoms with Crippen LogP contribution in [0.2, 0.25) is 0 Å². The van der Waals surface area contributed by atoms with E-state index < -0.39 is 0 Å². The SMILES string of the molecule is CCc1ccc(Nc2cc3c4ccccc4c(N)cc3c3ccccc23)cc1. The van der Waals surface area contributed by atoms with Crippen molar-refractivity contribution < 1.29 is 0 Å². The van der Waals surface area contributed by atoms with Crippen molar-refractivity contribution in [1.29, 1.82) is 0 Å². The van der Waals surface area contributed by atoms with Crippen LogP contribution in [0, 0.1) is 0 Å². The molecule has 28 heavy (non-hydrogen) atoms. The van der Waals surface area contributed by atoms with Crippen LogP contribution in [-0.2, 0) is 6.42 Å². The lowest BCUT2D eigenvalue weighted by molar-refractivity contribution is 1.14. The first kappa shape index (κ1) is 16.6. The minimum atomic E-state index is 0.823. The normalized spacial score (nSPS) is 11.3. The molecule has 5 aromatic carbocycles. The van der Waals surface area contributed by atoms with Crippen molar-refractivity contribution in [2.24, 2.45) is 0 Å². The molecule has 3 N–H and O–H groups in total. The zero-order valence-electron chi connectivity index (χ0n) is 15.9. The van der Waals surface area contributed by atoms with Gasteiger partial charge in [-0.2, -0.15) is 0 Å². The summed E-state index contributed by atoms with van der Waals surface area (Å²) in [4.78, 5) is 0. The molecule has 0 aliphatic heterocycles. The predicted octanol–water partition coefficient (Wildman–Crippen LogP) is 7.03. The van der Waals surface area contributed by atoms with Gasteiger partial charge in [0.25, 0.3) is 0 Å². The van der Waals surface area contributed by atoms with Gasteiger partial charge in [-0.15, -0.1) is 0 Å². The molecule has 0 saturated heterocycles. The number of nitrogens with one attached hydrogen (secondary N) is 1. The Balaban J connectivity index is 1.79. The van der Waals surface area contributed by atoms with E-state index in [0.29, 0.717) is 0 Å². The molecular formula is C26H22N2. The number of benzene rings is 5. The fourth-order valence-electron chi connectivity index (χ4n) is 4.06. The summed E-state index contributed by atoms with van der Waals surface area (Å²) in [6, 6.07) is 29.9. The highest BCUT2D eigenvalue weighted by molar-refractivity contribution is 6.23. The van der Waals surface area contributed by atoms with Gasteiger partial charge in [0.05, 0.1) is 0 Å². The van der Waals surface area contributed by atoms with Gasteiger partial charge in [-0.05, 0) is 57.8 Å². The lowest BCUT2D eigenvalue weighted by atomic mass is 9.95. The number of rotatable bonds is 3. The topological polar surface area (TPSA) is 38.0 Å². The summed E-state index contributed by atoms with van der Waals surface area (Å²) in [5.74, 6) is 0. The highest BCUT2D eigenvalue weighted by atomic mass is 14.9. The van der Waals surface area contributed by atoms with E-state index in [1.165, 1.54) is 32.5 Å². The number of hydrogen-bond donors (Lipinski definition) is 2. The highest BCUT2D eigenvalue weighted by Crippen LogP contribution is 2.39. The molecule has 0 amide bonds. The molecule has 0 fully saturated rings. The van der Waals surface area contributed by atoms with Crippen LogP contribution in [0.15, 0.2) is 84.9 Å². The number of nitrogens with two attached hydrogens (primary N) is 1. The largest absolute Gasteiger partial charge is 0.398 e. The van der Waals surface area contributed by atoms with E-state index in [1.807, 2.05) is 6.07 Å². The van der Waals surface area contributed by atoms with Crippen molar-refractivity contribution >= 4 is 49.4 Å². The Morgan fingerprint density at radius 2 is 1.21 bits per heavy atom. The van der Waals surface area contributed by atoms with Crippen LogP contribution in [0.3, 0.4) is 0 Å². The Hall–Kier alpha value is -3.52. The van der Waals surface area contributed by atoms with Crippen LogP contribution in [0.5, 0.6) is 0 Å². The molecule has 0 unspecified atom stereocenters. The van der Waals surface area contributed by atoms with Crippen molar-refractivity contribution in [1.82, 2.24) is 0 Å². The summed E-state index contributed by atoms with van der Waals surface area (Å²) in [7, 11) is 0. The minimum Gasteiger partial charge on any atom is -0.398 e. The van der Waals surface area contributed by atoms with Gasteiger partial charge in [0, 0.05) is 27.8 Å². The molecule has 2 heteroatoms. The van der Waals surface area contributed by atoms with Gasteiger partial charge in [0.2, 0.25) is 0 Å². The summed E-state index contributed by atoms with van der Waals surface area (Å²) in [5, 5.41) is 10.7. The second-order valence-corrected chi connectivity index (χ2v) is 7.25. The van der Waals surface area contributed by atoms with E-state index in [4.69, 9.17) is 5.73 Å². The van der Waals surface area contributed by atoms with Gasteiger partial charge in [-0.1, -0.05) is 67.6 Å². The van der Waals surface area contributed by atoms with Crippen molar-refractivity contribution in [3.8, 4) is 0 Å². The zero-order chi connectivity index (χ0) is 19.1. The first-order chi connectivity index (χ1) is 13.7. The van der Waals surface area contributed by atoms with Crippen molar-refractivity contribution in [3.05, 3.63) is 90.5 Å². The Bertz CT molecular complexity index is 1320. The Labute approximate surface area is 164 Å². The molecule has 0 aliphatic rings. The van der Waals surface area contributed by atoms with Crippen LogP contribution >= 0.6 is 0 Å². The van der Waals surface area contributed by atoms with Gasteiger partial charge in [0.1, 0.15) is 0 Å². The second-order valence-electron chi connectivity index (χ2n) is 7.25. The molecular weight excluding hydrogens is 340 g/mol. The van der Waals surface area contributed by atoms with Gasteiger partial charge in [-0.25, -0.2) is 0 Å². The van der Waals surface area contributed by atoms with E-state index in [2.05, 4.69) is 91.1 Å². The maximum Gasteiger partial charge on any atom is 0.0470 e. The number of nitrogen functional groups attached to an aromatic ring is 1. The Kier molecular flexibility index (Phi) is 3.91. The van der Waals surface area contributed by atoms with E-state index in [1.54, 1.807) is 0 Å². The fourth-order valence-corrected chi connectivity index (χ4v) is 4.06. The lowest BCUT2D eigenvalue weighted by Gasteiger charge is -2.15. The standard InChI is InChI=1S/C26H22N2/c1-2-17-11-13-18(14-12-17)28-26-16-24-19-7-3-5-9-21(19)25(27)15-23(24)20-8-4-6-10-22(20)26/h3-16,28H,2,27H2,1H3. The van der Waals surface area contributed by atoms with Gasteiger partial charge >= 0.3 is 0 Å². The summed E-state index contributed by atoms with van der Waals surface area (Å²) < 4.78 is 0. The molecule has 0 saturated carbocycles. The first-order valence-corrected chi connectivity index (χ1v) is 9.73. The molecule has 0 atom stereocenters. The monoisotopic (exact) mass is 362 g/mol. The van der Waals surface area contributed by atoms with E-state index in [-0.39, 0.29) is 0 Å². The molecule has 136 valence electrons. The van der Waals surface area contributed by atoms with Crippen molar-refractivity contribution in [2.45, 2.75) is 13.3 Å². The molecule has 0 bridgehead atoms. The smallest absolute Gasteiger partial charge is 0.0470 e. The molecule has 0 radical (unpaired) electrons. The first-order valence-electron chi connectivity index (χ1n) is 9.73. The van der Waals surface area contributed by atoms with E-state index in [9.17, 15) is 0 Å². The third-order valence-corrected chi connectivity index (χ3v) is 5.56. The molecule has 5 rings (SSSR count). The maximum atomic E-state index is 6.39. The minimum absolute atomic E-state index is 0.823. The number of aryl methyl sites for hydroxylation is 1. The number of fused-ring (bicyclic) bond motifs is 5.